The van der Waals surface area contributed by atoms with Crippen molar-refractivity contribution in [3.05, 3.63) is 28.8 Å². The van der Waals surface area contributed by atoms with Crippen LogP contribution in [0.15, 0.2) is 18.2 Å². The van der Waals surface area contributed by atoms with Crippen LogP contribution in [0.5, 0.6) is 5.75 Å². The molecule has 0 aliphatic carbocycles. The summed E-state index contributed by atoms with van der Waals surface area (Å²) in [7, 11) is -3.21. The second-order valence-corrected chi connectivity index (χ2v) is 17.9. The maximum Gasteiger partial charge on any atom is 0.250 e. The first-order valence-corrected chi connectivity index (χ1v) is 14.1. The Labute approximate surface area is 137 Å². The molecule has 0 spiro atoms. The molecule has 4 heteroatoms. The molecule has 1 nitrogen and oxygen atoms in total. The van der Waals surface area contributed by atoms with Crippen molar-refractivity contribution in [1.82, 2.24) is 0 Å². The Bertz CT molecular complexity index is 569. The third-order valence-corrected chi connectivity index (χ3v) is 9.24. The molecule has 1 aromatic carbocycles. The minimum atomic E-state index is -1.82. The molecule has 0 saturated carbocycles. The lowest BCUT2D eigenvalue weighted by atomic mass is 10.2. The van der Waals surface area contributed by atoms with Crippen LogP contribution in [0.3, 0.4) is 0 Å². The number of hydrogen-bond donors (Lipinski definition) is 0. The highest BCUT2D eigenvalue weighted by Crippen LogP contribution is 2.38. The molecule has 0 saturated heterocycles. The highest BCUT2D eigenvalue weighted by Gasteiger charge is 2.38. The van der Waals surface area contributed by atoms with Crippen LogP contribution in [0.25, 0.3) is 0 Å². The molecular formula is C17H27ClOSi2. The van der Waals surface area contributed by atoms with Crippen molar-refractivity contribution in [3.63, 3.8) is 0 Å². The Morgan fingerprint density at radius 3 is 2.05 bits per heavy atom. The quantitative estimate of drug-likeness (QED) is 0.478. The van der Waals surface area contributed by atoms with Crippen molar-refractivity contribution in [2.75, 3.05) is 0 Å². The summed E-state index contributed by atoms with van der Waals surface area (Å²) in [5, 5.41) is 0.854. The van der Waals surface area contributed by atoms with Gasteiger partial charge in [-0.2, -0.15) is 0 Å². The monoisotopic (exact) mass is 338 g/mol. The van der Waals surface area contributed by atoms with Crippen molar-refractivity contribution in [2.24, 2.45) is 0 Å². The van der Waals surface area contributed by atoms with Gasteiger partial charge in [0.2, 0.25) is 8.32 Å². The predicted molar refractivity (Wildman–Crippen MR) is 99.5 cm³/mol. The van der Waals surface area contributed by atoms with Crippen LogP contribution >= 0.6 is 11.6 Å². The summed E-state index contributed by atoms with van der Waals surface area (Å²) in [5.74, 6) is 4.06. The van der Waals surface area contributed by atoms with Gasteiger partial charge in [0.1, 0.15) is 13.8 Å². The van der Waals surface area contributed by atoms with Gasteiger partial charge in [0.25, 0.3) is 0 Å². The highest BCUT2D eigenvalue weighted by atomic mass is 35.5. The van der Waals surface area contributed by atoms with Crippen LogP contribution in [-0.4, -0.2) is 16.4 Å². The van der Waals surface area contributed by atoms with Crippen molar-refractivity contribution in [3.8, 4) is 17.2 Å². The summed E-state index contributed by atoms with van der Waals surface area (Å²) in [6, 6.07) is 5.86. The van der Waals surface area contributed by atoms with E-state index < -0.39 is 16.4 Å². The van der Waals surface area contributed by atoms with E-state index in [1.165, 1.54) is 0 Å². The van der Waals surface area contributed by atoms with Gasteiger partial charge in [-0.15, -0.1) is 5.54 Å². The van der Waals surface area contributed by atoms with Gasteiger partial charge < -0.3 is 4.43 Å². The van der Waals surface area contributed by atoms with E-state index in [1.54, 1.807) is 0 Å². The number of benzene rings is 1. The van der Waals surface area contributed by atoms with E-state index in [0.29, 0.717) is 5.02 Å². The lowest BCUT2D eigenvalue weighted by Crippen LogP contribution is -2.43. The van der Waals surface area contributed by atoms with Crippen LogP contribution < -0.4 is 4.43 Å². The Morgan fingerprint density at radius 2 is 1.62 bits per heavy atom. The van der Waals surface area contributed by atoms with E-state index in [-0.39, 0.29) is 5.04 Å². The molecule has 0 unspecified atom stereocenters. The summed E-state index contributed by atoms with van der Waals surface area (Å²) in [6.45, 7) is 17.8. The van der Waals surface area contributed by atoms with E-state index in [2.05, 4.69) is 65.0 Å². The highest BCUT2D eigenvalue weighted by molar-refractivity contribution is 6.83. The average molecular weight is 339 g/mol. The Morgan fingerprint density at radius 1 is 1.05 bits per heavy atom. The molecule has 0 aliphatic rings. The molecule has 1 aromatic rings. The lowest BCUT2D eigenvalue weighted by molar-refractivity contribution is 0.492. The fourth-order valence-electron chi connectivity index (χ4n) is 1.36. The predicted octanol–water partition coefficient (Wildman–Crippen LogP) is 5.95. The number of rotatable bonds is 2. The van der Waals surface area contributed by atoms with Gasteiger partial charge in [-0.3, -0.25) is 0 Å². The van der Waals surface area contributed by atoms with Gasteiger partial charge >= 0.3 is 0 Å². The number of hydrogen-bond acceptors (Lipinski definition) is 1. The van der Waals surface area contributed by atoms with Crippen LogP contribution in [0.4, 0.5) is 0 Å². The Balaban J connectivity index is 3.01. The van der Waals surface area contributed by atoms with Gasteiger partial charge in [0.15, 0.2) is 0 Å². The molecule has 0 bridgehead atoms. The molecule has 0 fully saturated rings. The maximum absolute atomic E-state index is 6.35. The number of halogens is 1. The fraction of sp³-hybridized carbons (Fsp3) is 0.529. The molecule has 1 rings (SSSR count). The molecule has 0 amide bonds. The lowest BCUT2D eigenvalue weighted by Gasteiger charge is -2.36. The van der Waals surface area contributed by atoms with Crippen molar-refractivity contribution < 1.29 is 4.43 Å². The maximum atomic E-state index is 6.35. The fourth-order valence-corrected chi connectivity index (χ4v) is 3.11. The van der Waals surface area contributed by atoms with Crippen LogP contribution in [-0.2, 0) is 0 Å². The molecule has 0 radical (unpaired) electrons. The van der Waals surface area contributed by atoms with Crippen molar-refractivity contribution >= 4 is 28.0 Å². The third-order valence-electron chi connectivity index (χ3n) is 3.69. The summed E-state index contributed by atoms with van der Waals surface area (Å²) in [6.07, 6.45) is 0. The van der Waals surface area contributed by atoms with Crippen molar-refractivity contribution in [1.29, 1.82) is 0 Å². The minimum Gasteiger partial charge on any atom is -0.543 e. The SMILES string of the molecule is CC(C)(C)[Si](C)(C)Oc1ccc(C#C[Si](C)(C)C)c(Cl)c1. The zero-order valence-electron chi connectivity index (χ0n) is 14.5. The van der Waals surface area contributed by atoms with Gasteiger partial charge in [0, 0.05) is 5.56 Å². The third kappa shape index (κ3) is 5.54. The topological polar surface area (TPSA) is 9.23 Å². The molecule has 0 N–H and O–H groups in total. The molecule has 0 heterocycles. The van der Waals surface area contributed by atoms with E-state index in [0.717, 1.165) is 11.3 Å². The van der Waals surface area contributed by atoms with Gasteiger partial charge in [-0.1, -0.05) is 57.9 Å². The Hall–Kier alpha value is -0.696. The van der Waals surface area contributed by atoms with E-state index in [1.807, 2.05) is 18.2 Å². The summed E-state index contributed by atoms with van der Waals surface area (Å²) >= 11 is 6.35. The van der Waals surface area contributed by atoms with E-state index in [9.17, 15) is 0 Å². The first-order valence-electron chi connectivity index (χ1n) is 7.34. The summed E-state index contributed by atoms with van der Waals surface area (Å²) < 4.78 is 6.26. The molecule has 0 atom stereocenters. The normalized spacial score (nSPS) is 12.6. The standard InChI is InChI=1S/C17H27ClOSi2/c1-17(2,3)21(7,8)19-15-10-9-14(16(18)13-15)11-12-20(4,5)6/h9-10,13H,1-8H3. The Kier molecular flexibility index (Phi) is 5.42. The summed E-state index contributed by atoms with van der Waals surface area (Å²) in [5.41, 5.74) is 4.23. The summed E-state index contributed by atoms with van der Waals surface area (Å²) in [4.78, 5) is 0. The molecule has 21 heavy (non-hydrogen) atoms. The molecule has 0 aliphatic heterocycles. The van der Waals surface area contributed by atoms with E-state index in [4.69, 9.17) is 16.0 Å². The minimum absolute atomic E-state index is 0.176. The second kappa shape index (κ2) is 6.20. The van der Waals surface area contributed by atoms with Crippen LogP contribution in [0.2, 0.25) is 42.8 Å². The zero-order valence-corrected chi connectivity index (χ0v) is 17.3. The largest absolute Gasteiger partial charge is 0.543 e. The van der Waals surface area contributed by atoms with E-state index >= 15 is 0 Å². The second-order valence-electron chi connectivity index (χ2n) is 8.00. The van der Waals surface area contributed by atoms with Crippen molar-refractivity contribution in [2.45, 2.75) is 58.5 Å². The average Bonchev–Trinajstić information content (AvgIpc) is 2.24. The zero-order chi connectivity index (χ0) is 16.5. The molecular weight excluding hydrogens is 312 g/mol. The van der Waals surface area contributed by atoms with Crippen LogP contribution in [0, 0.1) is 11.5 Å². The molecule has 116 valence electrons. The van der Waals surface area contributed by atoms with Gasteiger partial charge in [-0.25, -0.2) is 0 Å². The smallest absolute Gasteiger partial charge is 0.250 e. The first-order chi connectivity index (χ1) is 9.32. The van der Waals surface area contributed by atoms with Crippen LogP contribution in [0.1, 0.15) is 26.3 Å². The first kappa shape index (κ1) is 18.4. The van der Waals surface area contributed by atoms with Gasteiger partial charge in [-0.05, 0) is 36.3 Å². The molecule has 0 aromatic heterocycles. The van der Waals surface area contributed by atoms with Gasteiger partial charge in [0.05, 0.1) is 5.02 Å².